The number of rotatable bonds is 4. The Labute approximate surface area is 116 Å². The summed E-state index contributed by atoms with van der Waals surface area (Å²) in [6.07, 6.45) is 0.941. The average Bonchev–Trinajstić information content (AvgIpc) is 2.42. The van der Waals surface area contributed by atoms with Gasteiger partial charge in [-0.05, 0) is 31.2 Å². The van der Waals surface area contributed by atoms with Gasteiger partial charge in [-0.1, -0.05) is 29.8 Å². The zero-order valence-electron chi connectivity index (χ0n) is 10.3. The van der Waals surface area contributed by atoms with Crippen LogP contribution in [0.3, 0.4) is 0 Å². The molecule has 4 nitrogen and oxygen atoms in total. The van der Waals surface area contributed by atoms with Crippen LogP contribution in [-0.2, 0) is 4.79 Å². The maximum atomic E-state index is 11.9. The fourth-order valence-electron chi connectivity index (χ4n) is 1.45. The first-order chi connectivity index (χ1) is 9.16. The van der Waals surface area contributed by atoms with E-state index >= 15 is 0 Å². The quantitative estimate of drug-likeness (QED) is 0.933. The van der Waals surface area contributed by atoms with Gasteiger partial charge in [0.15, 0.2) is 6.10 Å². The third kappa shape index (κ3) is 3.69. The summed E-state index contributed by atoms with van der Waals surface area (Å²) >= 11 is 5.96. The highest BCUT2D eigenvalue weighted by Crippen LogP contribution is 2.24. The Kier molecular flexibility index (Phi) is 4.36. The van der Waals surface area contributed by atoms with Crippen molar-refractivity contribution in [1.82, 2.24) is 4.98 Å². The maximum Gasteiger partial charge on any atom is 0.266 e. The lowest BCUT2D eigenvalue weighted by Crippen LogP contribution is -2.30. The van der Waals surface area contributed by atoms with Crippen molar-refractivity contribution < 1.29 is 9.53 Å². The summed E-state index contributed by atoms with van der Waals surface area (Å²) in [5.41, 5.74) is 0. The SMILES string of the molecule is C[C@@H](Oc1ccccc1Cl)C(=O)Nc1ccccn1. The van der Waals surface area contributed by atoms with Crippen molar-refractivity contribution in [3.8, 4) is 5.75 Å². The molecular formula is C14H13ClN2O2. The predicted molar refractivity (Wildman–Crippen MR) is 74.4 cm³/mol. The third-order valence-corrected chi connectivity index (χ3v) is 2.74. The van der Waals surface area contributed by atoms with Crippen LogP contribution < -0.4 is 10.1 Å². The lowest BCUT2D eigenvalue weighted by Gasteiger charge is -2.15. The lowest BCUT2D eigenvalue weighted by atomic mass is 10.3. The van der Waals surface area contributed by atoms with Gasteiger partial charge >= 0.3 is 0 Å². The smallest absolute Gasteiger partial charge is 0.266 e. The maximum absolute atomic E-state index is 11.9. The average molecular weight is 277 g/mol. The van der Waals surface area contributed by atoms with Gasteiger partial charge in [0, 0.05) is 6.20 Å². The van der Waals surface area contributed by atoms with Crippen LogP contribution in [0.4, 0.5) is 5.82 Å². The molecule has 19 heavy (non-hydrogen) atoms. The number of amides is 1. The van der Waals surface area contributed by atoms with Gasteiger partial charge in [0.25, 0.3) is 5.91 Å². The minimum atomic E-state index is -0.665. The summed E-state index contributed by atoms with van der Waals surface area (Å²) in [4.78, 5) is 15.9. The Morgan fingerprint density at radius 3 is 2.68 bits per heavy atom. The molecule has 98 valence electrons. The van der Waals surface area contributed by atoms with E-state index in [9.17, 15) is 4.79 Å². The van der Waals surface area contributed by atoms with Gasteiger partial charge in [-0.2, -0.15) is 0 Å². The van der Waals surface area contributed by atoms with Gasteiger partial charge < -0.3 is 10.1 Å². The van der Waals surface area contributed by atoms with Crippen molar-refractivity contribution >= 4 is 23.3 Å². The van der Waals surface area contributed by atoms with Crippen LogP contribution in [0.25, 0.3) is 0 Å². The Balaban J connectivity index is 1.98. The van der Waals surface area contributed by atoms with E-state index in [2.05, 4.69) is 10.3 Å². The first kappa shape index (κ1) is 13.4. The highest BCUT2D eigenvalue weighted by atomic mass is 35.5. The summed E-state index contributed by atoms with van der Waals surface area (Å²) in [6.45, 7) is 1.65. The number of pyridine rings is 1. The molecule has 0 radical (unpaired) electrons. The number of carbonyl (C=O) groups is 1. The first-order valence-corrected chi connectivity index (χ1v) is 6.17. The standard InChI is InChI=1S/C14H13ClN2O2/c1-10(19-12-7-3-2-6-11(12)15)14(18)17-13-8-4-5-9-16-13/h2-10H,1H3,(H,16,17,18)/t10-/m1/s1. The van der Waals surface area contributed by atoms with Gasteiger partial charge in [0.05, 0.1) is 5.02 Å². The second-order valence-electron chi connectivity index (χ2n) is 3.89. The van der Waals surface area contributed by atoms with Crippen LogP contribution in [-0.4, -0.2) is 17.0 Å². The van der Waals surface area contributed by atoms with Gasteiger partial charge in [0.1, 0.15) is 11.6 Å². The van der Waals surface area contributed by atoms with E-state index in [0.717, 1.165) is 0 Å². The molecule has 2 rings (SSSR count). The van der Waals surface area contributed by atoms with Crippen molar-refractivity contribution in [2.24, 2.45) is 0 Å². The Morgan fingerprint density at radius 2 is 2.00 bits per heavy atom. The molecule has 0 saturated heterocycles. The summed E-state index contributed by atoms with van der Waals surface area (Å²) in [5.74, 6) is 0.688. The third-order valence-electron chi connectivity index (χ3n) is 2.43. The zero-order valence-corrected chi connectivity index (χ0v) is 11.1. The van der Waals surface area contributed by atoms with E-state index < -0.39 is 6.10 Å². The highest BCUT2D eigenvalue weighted by Gasteiger charge is 2.16. The number of benzene rings is 1. The van der Waals surface area contributed by atoms with Crippen LogP contribution in [0, 0.1) is 0 Å². The van der Waals surface area contributed by atoms with Crippen LogP contribution in [0.15, 0.2) is 48.7 Å². The largest absolute Gasteiger partial charge is 0.479 e. The minimum absolute atomic E-state index is 0.279. The summed E-state index contributed by atoms with van der Waals surface area (Å²) in [7, 11) is 0. The molecule has 1 N–H and O–H groups in total. The van der Waals surface area contributed by atoms with Gasteiger partial charge in [0.2, 0.25) is 0 Å². The van der Waals surface area contributed by atoms with Crippen LogP contribution in [0.2, 0.25) is 5.02 Å². The molecule has 0 unspecified atom stereocenters. The number of para-hydroxylation sites is 1. The van der Waals surface area contributed by atoms with Crippen LogP contribution in [0.1, 0.15) is 6.92 Å². The topological polar surface area (TPSA) is 51.2 Å². The molecule has 2 aromatic rings. The zero-order chi connectivity index (χ0) is 13.7. The van der Waals surface area contributed by atoms with E-state index in [4.69, 9.17) is 16.3 Å². The lowest BCUT2D eigenvalue weighted by molar-refractivity contribution is -0.122. The molecule has 1 aromatic heterocycles. The number of hydrogen-bond acceptors (Lipinski definition) is 3. The summed E-state index contributed by atoms with van der Waals surface area (Å²) in [5, 5.41) is 3.14. The fraction of sp³-hybridized carbons (Fsp3) is 0.143. The minimum Gasteiger partial charge on any atom is -0.479 e. The molecule has 5 heteroatoms. The number of aromatic nitrogens is 1. The molecule has 1 amide bonds. The Bertz CT molecular complexity index is 560. The number of nitrogens with zero attached hydrogens (tertiary/aromatic N) is 1. The molecular weight excluding hydrogens is 264 g/mol. The fourth-order valence-corrected chi connectivity index (χ4v) is 1.63. The predicted octanol–water partition coefficient (Wildman–Crippen LogP) is 3.14. The van der Waals surface area contributed by atoms with Crippen LogP contribution in [0.5, 0.6) is 5.75 Å². The highest BCUT2D eigenvalue weighted by molar-refractivity contribution is 6.32. The van der Waals surface area contributed by atoms with Crippen molar-refractivity contribution in [2.75, 3.05) is 5.32 Å². The second-order valence-corrected chi connectivity index (χ2v) is 4.30. The molecule has 1 heterocycles. The van der Waals surface area contributed by atoms with Gasteiger partial charge in [-0.25, -0.2) is 4.98 Å². The van der Waals surface area contributed by atoms with E-state index in [-0.39, 0.29) is 5.91 Å². The molecule has 0 aliphatic rings. The number of ether oxygens (including phenoxy) is 1. The number of halogens is 1. The van der Waals surface area contributed by atoms with E-state index in [1.54, 1.807) is 55.6 Å². The number of hydrogen-bond donors (Lipinski definition) is 1. The molecule has 0 aliphatic carbocycles. The Morgan fingerprint density at radius 1 is 1.26 bits per heavy atom. The van der Waals surface area contributed by atoms with Crippen molar-refractivity contribution in [3.63, 3.8) is 0 Å². The number of carbonyl (C=O) groups excluding carboxylic acids is 1. The van der Waals surface area contributed by atoms with Crippen molar-refractivity contribution in [2.45, 2.75) is 13.0 Å². The molecule has 0 aliphatic heterocycles. The van der Waals surface area contributed by atoms with Gasteiger partial charge in [-0.15, -0.1) is 0 Å². The Hall–Kier alpha value is -2.07. The number of nitrogens with one attached hydrogen (secondary N) is 1. The molecule has 1 aromatic carbocycles. The normalized spacial score (nSPS) is 11.7. The molecule has 1 atom stereocenters. The van der Waals surface area contributed by atoms with Crippen molar-refractivity contribution in [3.05, 3.63) is 53.7 Å². The number of anilines is 1. The second kappa shape index (κ2) is 6.20. The molecule has 0 bridgehead atoms. The van der Waals surface area contributed by atoms with Crippen molar-refractivity contribution in [1.29, 1.82) is 0 Å². The first-order valence-electron chi connectivity index (χ1n) is 5.80. The van der Waals surface area contributed by atoms with Gasteiger partial charge in [-0.3, -0.25) is 4.79 Å². The molecule has 0 saturated carbocycles. The van der Waals surface area contributed by atoms with Crippen LogP contribution >= 0.6 is 11.6 Å². The van der Waals surface area contributed by atoms with E-state index in [1.807, 2.05) is 0 Å². The summed E-state index contributed by atoms with van der Waals surface area (Å²) < 4.78 is 5.51. The van der Waals surface area contributed by atoms with E-state index in [1.165, 1.54) is 0 Å². The summed E-state index contributed by atoms with van der Waals surface area (Å²) in [6, 6.07) is 12.3. The monoisotopic (exact) mass is 276 g/mol. The molecule has 0 fully saturated rings. The molecule has 0 spiro atoms. The van der Waals surface area contributed by atoms with E-state index in [0.29, 0.717) is 16.6 Å².